The smallest absolute Gasteiger partial charge is 0.367 e. The van der Waals surface area contributed by atoms with Gasteiger partial charge in [-0.1, -0.05) is 37.6 Å². The molecule has 2 N–H and O–H groups in total. The van der Waals surface area contributed by atoms with Crippen molar-refractivity contribution in [1.82, 2.24) is 15.5 Å². The van der Waals surface area contributed by atoms with Crippen LogP contribution in [0.15, 0.2) is 29.3 Å². The molecule has 0 saturated carbocycles. The fourth-order valence-corrected chi connectivity index (χ4v) is 2.15. The lowest BCUT2D eigenvalue weighted by Gasteiger charge is -2.15. The third-order valence-corrected chi connectivity index (χ3v) is 3.67. The van der Waals surface area contributed by atoms with Gasteiger partial charge in [0.25, 0.3) is 0 Å². The molecule has 0 saturated heterocycles. The highest BCUT2D eigenvalue weighted by Crippen LogP contribution is 2.16. The summed E-state index contributed by atoms with van der Waals surface area (Å²) in [5, 5.41) is 6.16. The number of nitrogens with zero attached hydrogens (tertiary/aromatic N) is 2. The highest BCUT2D eigenvalue weighted by Gasteiger charge is 2.27. The number of nitrogens with one attached hydrogen (secondary N) is 2. The lowest BCUT2D eigenvalue weighted by atomic mass is 10.1. The molecule has 0 atom stereocenters. The minimum atomic E-state index is -4.34. The van der Waals surface area contributed by atoms with Crippen molar-refractivity contribution in [3.8, 4) is 0 Å². The van der Waals surface area contributed by atoms with Gasteiger partial charge in [0.2, 0.25) is 5.91 Å². The summed E-state index contributed by atoms with van der Waals surface area (Å²) in [4.78, 5) is 17.7. The Morgan fingerprint density at radius 2 is 1.93 bits per heavy atom. The lowest BCUT2D eigenvalue weighted by molar-refractivity contribution is -0.176. The summed E-state index contributed by atoms with van der Waals surface area (Å²) < 4.78 is 41.2. The van der Waals surface area contributed by atoms with E-state index in [0.717, 1.165) is 24.9 Å². The number of carbonyl (C=O) groups is 1. The predicted molar refractivity (Wildman–Crippen MR) is 103 cm³/mol. The standard InChI is InChI=1S/C19H29F3N4O2/c1-4-5-9-23-18(25-12-17(27)26(2)3)24-11-15-7-6-8-16(10-15)13-28-14-19(20,21)22/h6-8,10H,4-5,9,11-14H2,1-3H3,(H2,23,24,25). The van der Waals surface area contributed by atoms with E-state index in [0.29, 0.717) is 18.1 Å². The van der Waals surface area contributed by atoms with Gasteiger partial charge in [0, 0.05) is 20.6 Å². The van der Waals surface area contributed by atoms with E-state index in [1.54, 1.807) is 32.3 Å². The van der Waals surface area contributed by atoms with Gasteiger partial charge in [0.05, 0.1) is 19.7 Å². The third kappa shape index (κ3) is 10.8. The molecule has 0 bridgehead atoms. The van der Waals surface area contributed by atoms with Crippen LogP contribution in [0.4, 0.5) is 13.2 Å². The van der Waals surface area contributed by atoms with E-state index in [1.807, 2.05) is 6.07 Å². The highest BCUT2D eigenvalue weighted by atomic mass is 19.4. The van der Waals surface area contributed by atoms with Crippen molar-refractivity contribution < 1.29 is 22.7 Å². The molecule has 0 radical (unpaired) electrons. The second-order valence-electron chi connectivity index (χ2n) is 6.51. The van der Waals surface area contributed by atoms with Gasteiger partial charge in [-0.25, -0.2) is 4.99 Å². The number of likely N-dealkylation sites (N-methyl/N-ethyl adjacent to an activating group) is 1. The molecular formula is C19H29F3N4O2. The van der Waals surface area contributed by atoms with E-state index < -0.39 is 12.8 Å². The number of halogens is 3. The first-order valence-electron chi connectivity index (χ1n) is 9.16. The minimum absolute atomic E-state index is 0.0752. The largest absolute Gasteiger partial charge is 0.411 e. The number of guanidine groups is 1. The highest BCUT2D eigenvalue weighted by molar-refractivity contribution is 5.86. The van der Waals surface area contributed by atoms with E-state index in [4.69, 9.17) is 0 Å². The van der Waals surface area contributed by atoms with Gasteiger partial charge in [-0.05, 0) is 17.5 Å². The van der Waals surface area contributed by atoms with Crippen molar-refractivity contribution in [2.45, 2.75) is 39.1 Å². The van der Waals surface area contributed by atoms with E-state index in [9.17, 15) is 18.0 Å². The Kier molecular flexibility index (Phi) is 10.4. The summed E-state index contributed by atoms with van der Waals surface area (Å²) in [6.07, 6.45) is -2.35. The average Bonchev–Trinajstić information content (AvgIpc) is 2.62. The van der Waals surface area contributed by atoms with Gasteiger partial charge < -0.3 is 20.3 Å². The molecule has 1 amide bonds. The van der Waals surface area contributed by atoms with Crippen molar-refractivity contribution in [3.05, 3.63) is 35.4 Å². The first kappa shape index (κ1) is 23.7. The van der Waals surface area contributed by atoms with Crippen LogP contribution in [0.5, 0.6) is 0 Å². The Bertz CT molecular complexity index is 634. The maximum atomic E-state index is 12.2. The molecule has 0 fully saturated rings. The molecule has 6 nitrogen and oxygen atoms in total. The zero-order valence-corrected chi connectivity index (χ0v) is 16.6. The molecule has 28 heavy (non-hydrogen) atoms. The van der Waals surface area contributed by atoms with Crippen LogP contribution >= 0.6 is 0 Å². The Morgan fingerprint density at radius 3 is 2.57 bits per heavy atom. The number of carbonyl (C=O) groups excluding carboxylic acids is 1. The van der Waals surface area contributed by atoms with Gasteiger partial charge in [0.1, 0.15) is 6.61 Å². The van der Waals surface area contributed by atoms with Gasteiger partial charge >= 0.3 is 6.18 Å². The molecule has 0 spiro atoms. The van der Waals surface area contributed by atoms with Gasteiger partial charge in [0.15, 0.2) is 5.96 Å². The van der Waals surface area contributed by atoms with Crippen LogP contribution in [0.1, 0.15) is 30.9 Å². The Labute approximate surface area is 164 Å². The molecule has 1 aromatic carbocycles. The van der Waals surface area contributed by atoms with Crippen LogP contribution in [0.25, 0.3) is 0 Å². The van der Waals surface area contributed by atoms with Crippen molar-refractivity contribution in [2.75, 3.05) is 33.8 Å². The van der Waals surface area contributed by atoms with Crippen LogP contribution in [0.3, 0.4) is 0 Å². The summed E-state index contributed by atoms with van der Waals surface area (Å²) in [6.45, 7) is 1.86. The van der Waals surface area contributed by atoms with Gasteiger partial charge in [-0.3, -0.25) is 4.79 Å². The second-order valence-corrected chi connectivity index (χ2v) is 6.51. The fourth-order valence-electron chi connectivity index (χ4n) is 2.15. The molecule has 158 valence electrons. The topological polar surface area (TPSA) is 66.0 Å². The molecule has 0 heterocycles. The third-order valence-electron chi connectivity index (χ3n) is 3.67. The first-order valence-corrected chi connectivity index (χ1v) is 9.16. The second kappa shape index (κ2) is 12.2. The van der Waals surface area contributed by atoms with Crippen molar-refractivity contribution >= 4 is 11.9 Å². The van der Waals surface area contributed by atoms with Crippen LogP contribution in [0.2, 0.25) is 0 Å². The SMILES string of the molecule is CCCCNC(=NCc1cccc(COCC(F)(F)F)c1)NCC(=O)N(C)C. The first-order chi connectivity index (χ1) is 13.2. The normalized spacial score (nSPS) is 12.0. The number of hydrogen-bond donors (Lipinski definition) is 2. The number of aliphatic imine (C=N–C) groups is 1. The van der Waals surface area contributed by atoms with Crippen molar-refractivity contribution in [1.29, 1.82) is 0 Å². The molecule has 0 aliphatic heterocycles. The molecular weight excluding hydrogens is 373 g/mol. The maximum absolute atomic E-state index is 12.2. The maximum Gasteiger partial charge on any atom is 0.411 e. The molecule has 0 unspecified atom stereocenters. The van der Waals surface area contributed by atoms with Crippen LogP contribution in [-0.2, 0) is 22.7 Å². The number of unbranched alkanes of at least 4 members (excludes halogenated alkanes) is 1. The van der Waals surface area contributed by atoms with E-state index in [2.05, 4.69) is 27.3 Å². The van der Waals surface area contributed by atoms with Crippen molar-refractivity contribution in [3.63, 3.8) is 0 Å². The van der Waals surface area contributed by atoms with E-state index in [1.165, 1.54) is 4.90 Å². The number of rotatable bonds is 10. The summed E-state index contributed by atoms with van der Waals surface area (Å²) >= 11 is 0. The molecule has 0 aromatic heterocycles. The summed E-state index contributed by atoms with van der Waals surface area (Å²) in [5.74, 6) is 0.441. The quantitative estimate of drug-likeness (QED) is 0.359. The van der Waals surface area contributed by atoms with Crippen LogP contribution in [-0.4, -0.2) is 56.7 Å². The summed E-state index contributed by atoms with van der Waals surface area (Å²) in [7, 11) is 3.36. The number of ether oxygens (including phenoxy) is 1. The van der Waals surface area contributed by atoms with Crippen molar-refractivity contribution in [2.24, 2.45) is 4.99 Å². The van der Waals surface area contributed by atoms with Crippen LogP contribution in [0, 0.1) is 0 Å². The number of amides is 1. The zero-order valence-electron chi connectivity index (χ0n) is 16.6. The lowest BCUT2D eigenvalue weighted by Crippen LogP contribution is -2.43. The van der Waals surface area contributed by atoms with E-state index in [-0.39, 0.29) is 19.1 Å². The fraction of sp³-hybridized carbons (Fsp3) is 0.579. The molecule has 1 rings (SSSR count). The minimum Gasteiger partial charge on any atom is -0.367 e. The molecule has 1 aromatic rings. The summed E-state index contributed by atoms with van der Waals surface area (Å²) in [6, 6.07) is 7.06. The van der Waals surface area contributed by atoms with Crippen LogP contribution < -0.4 is 10.6 Å². The Morgan fingerprint density at radius 1 is 1.21 bits per heavy atom. The molecule has 0 aliphatic carbocycles. The zero-order chi connectivity index (χ0) is 21.0. The molecule has 9 heteroatoms. The number of alkyl halides is 3. The monoisotopic (exact) mass is 402 g/mol. The number of benzene rings is 1. The predicted octanol–water partition coefficient (Wildman–Crippen LogP) is 2.69. The molecule has 0 aliphatic rings. The Hall–Kier alpha value is -2.29. The Balaban J connectivity index is 2.67. The van der Waals surface area contributed by atoms with E-state index >= 15 is 0 Å². The van der Waals surface area contributed by atoms with Gasteiger partial charge in [-0.15, -0.1) is 0 Å². The summed E-state index contributed by atoms with van der Waals surface area (Å²) in [5.41, 5.74) is 1.48. The number of hydrogen-bond acceptors (Lipinski definition) is 3. The van der Waals surface area contributed by atoms with Gasteiger partial charge in [-0.2, -0.15) is 13.2 Å². The average molecular weight is 402 g/mol.